The number of benzene rings is 1. The van der Waals surface area contributed by atoms with Crippen molar-refractivity contribution < 1.29 is 19.1 Å². The van der Waals surface area contributed by atoms with Crippen LogP contribution in [0.25, 0.3) is 0 Å². The summed E-state index contributed by atoms with van der Waals surface area (Å²) in [6.07, 6.45) is 2.91. The molecule has 1 unspecified atom stereocenters. The third-order valence-electron chi connectivity index (χ3n) is 2.54. The summed E-state index contributed by atoms with van der Waals surface area (Å²) in [5, 5.41) is 15.2. The second-order valence-electron chi connectivity index (χ2n) is 4.46. The molecule has 0 fully saturated rings. The van der Waals surface area contributed by atoms with Gasteiger partial charge in [0, 0.05) is 12.1 Å². The molecule has 110 valence electrons. The molecular weight excluding hydrogens is 283 g/mol. The molecule has 7 heteroatoms. The van der Waals surface area contributed by atoms with E-state index in [0.29, 0.717) is 12.1 Å². The Balaban J connectivity index is 2.66. The molecule has 0 heterocycles. The van der Waals surface area contributed by atoms with Crippen LogP contribution in [-0.2, 0) is 15.7 Å². The van der Waals surface area contributed by atoms with Crippen LogP contribution in [0.15, 0.2) is 24.3 Å². The largest absolute Gasteiger partial charge is 0.530 e. The highest BCUT2D eigenvalue weighted by atomic mass is 32.2. The van der Waals surface area contributed by atoms with Crippen molar-refractivity contribution in [1.82, 2.24) is 5.32 Å². The number of hydrogen-bond donors (Lipinski definition) is 2. The predicted octanol–water partition coefficient (Wildman–Crippen LogP) is 0.334. The van der Waals surface area contributed by atoms with Crippen LogP contribution in [0.5, 0.6) is 0 Å². The van der Waals surface area contributed by atoms with E-state index in [0.717, 1.165) is 5.75 Å². The van der Waals surface area contributed by atoms with Crippen LogP contribution in [0.4, 0.5) is 14.9 Å². The summed E-state index contributed by atoms with van der Waals surface area (Å²) in [6.45, 7) is 0. The summed E-state index contributed by atoms with van der Waals surface area (Å²) in [5.41, 5.74) is 0.411. The molecule has 0 aromatic heterocycles. The molecule has 1 aromatic carbocycles. The average Bonchev–Trinajstić information content (AvgIpc) is 2.36. The fourth-order valence-electron chi connectivity index (χ4n) is 1.53. The minimum Gasteiger partial charge on any atom is -0.530 e. The van der Waals surface area contributed by atoms with Gasteiger partial charge in [-0.15, -0.1) is 0 Å². The van der Waals surface area contributed by atoms with Gasteiger partial charge in [0.05, 0.1) is 12.5 Å². The SMILES string of the molecule is C[S+](C)CCC(NC(=O)[O-])C(=O)Nc1ccc(F)cc1. The minimum atomic E-state index is -1.49. The molecule has 1 atom stereocenters. The maximum Gasteiger partial charge on any atom is 0.247 e. The van der Waals surface area contributed by atoms with Gasteiger partial charge >= 0.3 is 0 Å². The topological polar surface area (TPSA) is 81.3 Å². The molecule has 0 aliphatic heterocycles. The standard InChI is InChI=1S/C13H17FN2O3S/c1-20(2)8-7-11(16-13(18)19)12(17)15-10-5-3-9(14)4-6-10/h3-6,11,16H,7-8H2,1-2H3,(H-,15,17,18,19). The Morgan fingerprint density at radius 3 is 2.40 bits per heavy atom. The molecule has 0 spiro atoms. The lowest BCUT2D eigenvalue weighted by atomic mass is 10.2. The van der Waals surface area contributed by atoms with Gasteiger partial charge in [0.2, 0.25) is 5.91 Å². The summed E-state index contributed by atoms with van der Waals surface area (Å²) < 4.78 is 12.8. The molecule has 0 bridgehead atoms. The third kappa shape index (κ3) is 5.92. The third-order valence-corrected chi connectivity index (χ3v) is 3.59. The van der Waals surface area contributed by atoms with Crippen molar-refractivity contribution >= 4 is 28.6 Å². The Labute approximate surface area is 119 Å². The molecule has 20 heavy (non-hydrogen) atoms. The number of carbonyl (C=O) groups is 2. The number of anilines is 1. The summed E-state index contributed by atoms with van der Waals surface area (Å²) in [5.74, 6) is -0.165. The van der Waals surface area contributed by atoms with Crippen LogP contribution < -0.4 is 15.7 Å². The van der Waals surface area contributed by atoms with E-state index >= 15 is 0 Å². The van der Waals surface area contributed by atoms with Crippen molar-refractivity contribution in [2.24, 2.45) is 0 Å². The predicted molar refractivity (Wildman–Crippen MR) is 76.0 cm³/mol. The first kappa shape index (κ1) is 16.3. The molecule has 2 N–H and O–H groups in total. The second kappa shape index (κ2) is 7.74. The van der Waals surface area contributed by atoms with Crippen molar-refractivity contribution in [3.05, 3.63) is 30.1 Å². The first-order valence-electron chi connectivity index (χ1n) is 5.96. The van der Waals surface area contributed by atoms with Crippen LogP contribution in [0.1, 0.15) is 6.42 Å². The van der Waals surface area contributed by atoms with Gasteiger partial charge in [-0.2, -0.15) is 0 Å². The van der Waals surface area contributed by atoms with Crippen LogP contribution in [-0.4, -0.2) is 36.3 Å². The zero-order valence-corrected chi connectivity index (χ0v) is 12.1. The number of carbonyl (C=O) groups excluding carboxylic acids is 2. The van der Waals surface area contributed by atoms with Gasteiger partial charge < -0.3 is 20.5 Å². The van der Waals surface area contributed by atoms with E-state index in [4.69, 9.17) is 0 Å². The van der Waals surface area contributed by atoms with E-state index in [-0.39, 0.29) is 10.9 Å². The van der Waals surface area contributed by atoms with Crippen molar-refractivity contribution in [2.45, 2.75) is 12.5 Å². The average molecular weight is 300 g/mol. The summed E-state index contributed by atoms with van der Waals surface area (Å²) in [6, 6.07) is 4.37. The first-order chi connectivity index (χ1) is 9.38. The Morgan fingerprint density at radius 1 is 1.30 bits per heavy atom. The lowest BCUT2D eigenvalue weighted by Gasteiger charge is -2.19. The van der Waals surface area contributed by atoms with E-state index in [1.165, 1.54) is 24.3 Å². The number of carboxylic acid groups (broad SMARTS) is 1. The molecular formula is C13H17FN2O3S. The number of amides is 2. The zero-order chi connectivity index (χ0) is 15.1. The second-order valence-corrected chi connectivity index (χ2v) is 6.84. The molecule has 0 aliphatic rings. The van der Waals surface area contributed by atoms with Gasteiger partial charge in [-0.05, 0) is 35.2 Å². The van der Waals surface area contributed by atoms with Crippen LogP contribution in [0.3, 0.4) is 0 Å². The van der Waals surface area contributed by atoms with Crippen molar-refractivity contribution in [1.29, 1.82) is 0 Å². The van der Waals surface area contributed by atoms with Crippen molar-refractivity contribution in [3.63, 3.8) is 0 Å². The van der Waals surface area contributed by atoms with Crippen LogP contribution in [0, 0.1) is 5.82 Å². The Morgan fingerprint density at radius 2 is 1.90 bits per heavy atom. The number of halogens is 1. The lowest BCUT2D eigenvalue weighted by Crippen LogP contribution is -2.49. The van der Waals surface area contributed by atoms with E-state index in [9.17, 15) is 19.1 Å². The smallest absolute Gasteiger partial charge is 0.247 e. The van der Waals surface area contributed by atoms with Gasteiger partial charge in [-0.3, -0.25) is 4.79 Å². The van der Waals surface area contributed by atoms with Crippen molar-refractivity contribution in [2.75, 3.05) is 23.6 Å². The van der Waals surface area contributed by atoms with E-state index in [1.807, 2.05) is 12.5 Å². The highest BCUT2D eigenvalue weighted by Gasteiger charge is 2.20. The highest BCUT2D eigenvalue weighted by molar-refractivity contribution is 7.95. The van der Waals surface area contributed by atoms with Crippen molar-refractivity contribution in [3.8, 4) is 0 Å². The Hall–Kier alpha value is -1.76. The lowest BCUT2D eigenvalue weighted by molar-refractivity contribution is -0.251. The monoisotopic (exact) mass is 300 g/mol. The molecule has 0 radical (unpaired) electrons. The van der Waals surface area contributed by atoms with E-state index in [1.54, 1.807) is 0 Å². The normalized spacial score (nSPS) is 12.0. The maximum absolute atomic E-state index is 12.8. The van der Waals surface area contributed by atoms with Gasteiger partial charge in [0.1, 0.15) is 23.7 Å². The Kier molecular flexibility index (Phi) is 6.30. The molecule has 0 saturated carbocycles. The van der Waals surface area contributed by atoms with Crippen LogP contribution >= 0.6 is 0 Å². The molecule has 0 aliphatic carbocycles. The van der Waals surface area contributed by atoms with Gasteiger partial charge in [0.25, 0.3) is 0 Å². The number of nitrogens with one attached hydrogen (secondary N) is 2. The maximum atomic E-state index is 12.8. The van der Waals surface area contributed by atoms with Gasteiger partial charge in [-0.1, -0.05) is 0 Å². The molecule has 2 amide bonds. The molecule has 1 rings (SSSR count). The quantitative estimate of drug-likeness (QED) is 0.743. The molecule has 0 saturated heterocycles. The molecule has 1 aromatic rings. The molecule has 5 nitrogen and oxygen atoms in total. The fraction of sp³-hybridized carbons (Fsp3) is 0.385. The number of rotatable bonds is 6. The highest BCUT2D eigenvalue weighted by Crippen LogP contribution is 2.09. The van der Waals surface area contributed by atoms with E-state index < -0.39 is 23.9 Å². The fourth-order valence-corrected chi connectivity index (χ4v) is 2.23. The van der Waals surface area contributed by atoms with Gasteiger partial charge in [0.15, 0.2) is 0 Å². The first-order valence-corrected chi connectivity index (χ1v) is 8.17. The van der Waals surface area contributed by atoms with Gasteiger partial charge in [-0.25, -0.2) is 4.39 Å². The minimum absolute atomic E-state index is 0.1000. The number of hydrogen-bond acceptors (Lipinski definition) is 3. The zero-order valence-electron chi connectivity index (χ0n) is 11.3. The summed E-state index contributed by atoms with van der Waals surface area (Å²) in [7, 11) is 0.1000. The summed E-state index contributed by atoms with van der Waals surface area (Å²) >= 11 is 0. The van der Waals surface area contributed by atoms with E-state index in [2.05, 4.69) is 10.6 Å². The van der Waals surface area contributed by atoms with Crippen LogP contribution in [0.2, 0.25) is 0 Å². The Bertz CT molecular complexity index is 465. The summed E-state index contributed by atoms with van der Waals surface area (Å²) in [4.78, 5) is 22.6.